The fraction of sp³-hybridized carbons (Fsp3) is 0.333. The molecule has 3 aromatic carbocycles. The summed E-state index contributed by atoms with van der Waals surface area (Å²) in [5.41, 5.74) is 4.44. The number of hydrogen-bond donors (Lipinski definition) is 3. The lowest BCUT2D eigenvalue weighted by Crippen LogP contribution is -2.33. The molecule has 2 fully saturated rings. The number of halogens is 2. The number of hydrogen-bond acceptors (Lipinski definition) is 5. The van der Waals surface area contributed by atoms with E-state index in [0.29, 0.717) is 47.9 Å². The monoisotopic (exact) mass is 569 g/mol. The summed E-state index contributed by atoms with van der Waals surface area (Å²) in [7, 11) is 0. The van der Waals surface area contributed by atoms with Gasteiger partial charge in [0.25, 0.3) is 5.91 Å². The minimum absolute atomic E-state index is 0.203. The Balaban J connectivity index is 1.25. The van der Waals surface area contributed by atoms with Gasteiger partial charge < -0.3 is 20.3 Å². The Hall–Kier alpha value is -4.42. The van der Waals surface area contributed by atoms with E-state index in [1.54, 1.807) is 0 Å². The number of ether oxygens (including phenoxy) is 1. The van der Waals surface area contributed by atoms with Gasteiger partial charge in [0, 0.05) is 61.1 Å². The highest BCUT2D eigenvalue weighted by Gasteiger charge is 2.23. The van der Waals surface area contributed by atoms with Crippen LogP contribution >= 0.6 is 0 Å². The third-order valence-corrected chi connectivity index (χ3v) is 8.11. The molecule has 2 aliphatic heterocycles. The molecule has 2 saturated heterocycles. The van der Waals surface area contributed by atoms with E-state index in [1.807, 2.05) is 30.3 Å². The Morgan fingerprint density at radius 3 is 2.50 bits per heavy atom. The molecule has 7 nitrogen and oxygen atoms in total. The number of terminal acetylenes is 1. The molecular weight excluding hydrogens is 536 g/mol. The van der Waals surface area contributed by atoms with Crippen molar-refractivity contribution in [1.29, 1.82) is 0 Å². The van der Waals surface area contributed by atoms with Gasteiger partial charge in [-0.1, -0.05) is 6.07 Å². The van der Waals surface area contributed by atoms with Crippen molar-refractivity contribution in [2.75, 3.05) is 41.8 Å². The average molecular weight is 570 g/mol. The summed E-state index contributed by atoms with van der Waals surface area (Å²) in [6, 6.07) is 15.2. The molecule has 0 spiro atoms. The van der Waals surface area contributed by atoms with Crippen LogP contribution in [0.15, 0.2) is 54.6 Å². The van der Waals surface area contributed by atoms with Crippen LogP contribution in [0.1, 0.15) is 47.2 Å². The standard InChI is InChI=1S/C33H33F2N5O2/c1-2-21-7-11-40(12-8-21)27-4-5-28(31(20-27)36-26-9-13-42-14-10-26)33(41)37-32-29-18-22(3-6-30(29)38-39-32)15-23-16-24(34)19-25(35)17-23/h1,3-6,16-21,26,36H,7-15H2,(H2,37,38,39,41). The lowest BCUT2D eigenvalue weighted by Gasteiger charge is -2.32. The minimum atomic E-state index is -0.615. The van der Waals surface area contributed by atoms with E-state index in [2.05, 4.69) is 37.7 Å². The molecule has 4 aromatic rings. The van der Waals surface area contributed by atoms with Crippen molar-refractivity contribution in [2.24, 2.45) is 5.92 Å². The topological polar surface area (TPSA) is 82.3 Å². The minimum Gasteiger partial charge on any atom is -0.381 e. The van der Waals surface area contributed by atoms with E-state index in [-0.39, 0.29) is 11.9 Å². The second kappa shape index (κ2) is 12.2. The number of aromatic amines is 1. The summed E-state index contributed by atoms with van der Waals surface area (Å²) in [6.07, 6.45) is 9.60. The molecule has 42 heavy (non-hydrogen) atoms. The summed E-state index contributed by atoms with van der Waals surface area (Å²) < 4.78 is 33.0. The highest BCUT2D eigenvalue weighted by molar-refractivity contribution is 6.11. The van der Waals surface area contributed by atoms with E-state index in [4.69, 9.17) is 11.2 Å². The van der Waals surface area contributed by atoms with Gasteiger partial charge in [-0.25, -0.2) is 8.78 Å². The third kappa shape index (κ3) is 6.24. The maximum absolute atomic E-state index is 13.7. The number of nitrogens with zero attached hydrogens (tertiary/aromatic N) is 2. The second-order valence-electron chi connectivity index (χ2n) is 11.0. The number of benzene rings is 3. The van der Waals surface area contributed by atoms with Crippen LogP contribution in [0.4, 0.5) is 26.0 Å². The van der Waals surface area contributed by atoms with E-state index in [9.17, 15) is 13.6 Å². The molecule has 3 heterocycles. The molecular formula is C33H33F2N5O2. The van der Waals surface area contributed by atoms with Crippen molar-refractivity contribution in [1.82, 2.24) is 10.2 Å². The summed E-state index contributed by atoms with van der Waals surface area (Å²) in [5.74, 6) is 2.06. The summed E-state index contributed by atoms with van der Waals surface area (Å²) in [5, 5.41) is 14.6. The van der Waals surface area contributed by atoms with Crippen LogP contribution in [0.25, 0.3) is 10.9 Å². The number of aromatic nitrogens is 2. The maximum Gasteiger partial charge on any atom is 0.258 e. The molecule has 0 unspecified atom stereocenters. The Morgan fingerprint density at radius 2 is 1.76 bits per heavy atom. The Labute approximate surface area is 243 Å². The molecule has 3 N–H and O–H groups in total. The van der Waals surface area contributed by atoms with E-state index < -0.39 is 11.6 Å². The molecule has 0 bridgehead atoms. The van der Waals surface area contributed by atoms with Crippen LogP contribution in [0.2, 0.25) is 0 Å². The Bertz CT molecular complexity index is 1610. The first-order valence-electron chi connectivity index (χ1n) is 14.4. The molecule has 1 amide bonds. The summed E-state index contributed by atoms with van der Waals surface area (Å²) in [4.78, 5) is 16.0. The molecule has 2 aliphatic rings. The molecule has 1 aromatic heterocycles. The number of piperidine rings is 1. The number of rotatable bonds is 7. The SMILES string of the molecule is C#CC1CCN(c2ccc(C(=O)Nc3n[nH]c4ccc(Cc5cc(F)cc(F)c5)cc34)c(NC3CCOCC3)c2)CC1. The molecule has 9 heteroatoms. The van der Waals surface area contributed by atoms with Gasteiger partial charge in [0.2, 0.25) is 0 Å². The van der Waals surface area contributed by atoms with Crippen molar-refractivity contribution in [3.8, 4) is 12.3 Å². The van der Waals surface area contributed by atoms with Crippen molar-refractivity contribution in [2.45, 2.75) is 38.1 Å². The molecule has 6 rings (SSSR count). The first-order chi connectivity index (χ1) is 20.4. The summed E-state index contributed by atoms with van der Waals surface area (Å²) >= 11 is 0. The first-order valence-corrected chi connectivity index (χ1v) is 14.4. The normalized spacial score (nSPS) is 16.4. The molecule has 0 atom stereocenters. The van der Waals surface area contributed by atoms with Gasteiger partial charge in [0.1, 0.15) is 11.6 Å². The number of amides is 1. The van der Waals surface area contributed by atoms with Crippen LogP contribution in [-0.2, 0) is 11.2 Å². The van der Waals surface area contributed by atoms with Crippen molar-refractivity contribution in [3.63, 3.8) is 0 Å². The van der Waals surface area contributed by atoms with Crippen LogP contribution in [0.5, 0.6) is 0 Å². The van der Waals surface area contributed by atoms with Gasteiger partial charge >= 0.3 is 0 Å². The molecule has 216 valence electrons. The number of anilines is 3. The molecule has 0 saturated carbocycles. The summed E-state index contributed by atoms with van der Waals surface area (Å²) in [6.45, 7) is 3.12. The quantitative estimate of drug-likeness (QED) is 0.234. The van der Waals surface area contributed by atoms with Crippen molar-refractivity contribution >= 4 is 34.0 Å². The zero-order valence-electron chi connectivity index (χ0n) is 23.3. The van der Waals surface area contributed by atoms with Gasteiger partial charge in [0.15, 0.2) is 5.82 Å². The lowest BCUT2D eigenvalue weighted by atomic mass is 9.97. The van der Waals surface area contributed by atoms with Crippen LogP contribution < -0.4 is 15.5 Å². The maximum atomic E-state index is 13.7. The average Bonchev–Trinajstić information content (AvgIpc) is 3.39. The van der Waals surface area contributed by atoms with Crippen LogP contribution in [0, 0.1) is 29.9 Å². The van der Waals surface area contributed by atoms with Crippen molar-refractivity contribution < 1.29 is 18.3 Å². The number of fused-ring (bicyclic) bond motifs is 1. The molecule has 0 radical (unpaired) electrons. The highest BCUT2D eigenvalue weighted by Crippen LogP contribution is 2.31. The van der Waals surface area contributed by atoms with Gasteiger partial charge in [-0.2, -0.15) is 5.10 Å². The van der Waals surface area contributed by atoms with E-state index in [0.717, 1.165) is 67.3 Å². The van der Waals surface area contributed by atoms with Crippen molar-refractivity contribution in [3.05, 3.63) is 82.9 Å². The van der Waals surface area contributed by atoms with E-state index >= 15 is 0 Å². The highest BCUT2D eigenvalue weighted by atomic mass is 19.1. The fourth-order valence-electron chi connectivity index (χ4n) is 5.80. The first kappa shape index (κ1) is 27.7. The fourth-order valence-corrected chi connectivity index (χ4v) is 5.80. The van der Waals surface area contributed by atoms with Crippen LogP contribution in [0.3, 0.4) is 0 Å². The van der Waals surface area contributed by atoms with Gasteiger partial charge in [-0.15, -0.1) is 12.3 Å². The number of nitrogens with one attached hydrogen (secondary N) is 3. The van der Waals surface area contributed by atoms with E-state index in [1.165, 1.54) is 12.1 Å². The largest absolute Gasteiger partial charge is 0.381 e. The number of carbonyl (C=O) groups excluding carboxylic acids is 1. The van der Waals surface area contributed by atoms with Gasteiger partial charge in [0.05, 0.1) is 11.1 Å². The Kier molecular flexibility index (Phi) is 8.06. The zero-order chi connectivity index (χ0) is 29.1. The number of H-pyrrole nitrogens is 1. The predicted octanol–water partition coefficient (Wildman–Crippen LogP) is 6.12. The molecule has 0 aliphatic carbocycles. The van der Waals surface area contributed by atoms with Crippen LogP contribution in [-0.4, -0.2) is 48.4 Å². The van der Waals surface area contributed by atoms with Gasteiger partial charge in [-0.3, -0.25) is 9.89 Å². The zero-order valence-corrected chi connectivity index (χ0v) is 23.3. The predicted molar refractivity (Wildman–Crippen MR) is 161 cm³/mol. The lowest BCUT2D eigenvalue weighted by molar-refractivity contribution is 0.0904. The Morgan fingerprint density at radius 1 is 1.00 bits per heavy atom. The third-order valence-electron chi connectivity index (χ3n) is 8.11. The van der Waals surface area contributed by atoms with Gasteiger partial charge in [-0.05, 0) is 85.7 Å². The smallest absolute Gasteiger partial charge is 0.258 e. The second-order valence-corrected chi connectivity index (χ2v) is 11.0. The number of carbonyl (C=O) groups is 1.